The van der Waals surface area contributed by atoms with E-state index in [0.29, 0.717) is 24.5 Å². The zero-order valence-corrected chi connectivity index (χ0v) is 20.1. The summed E-state index contributed by atoms with van der Waals surface area (Å²) in [5.74, 6) is -0.111. The number of benzene rings is 2. The van der Waals surface area contributed by atoms with Crippen molar-refractivity contribution in [3.05, 3.63) is 52.1 Å². The molecule has 0 saturated carbocycles. The number of piperazine rings is 1. The predicted octanol–water partition coefficient (Wildman–Crippen LogP) is 2.30. The lowest BCUT2D eigenvalue weighted by atomic mass is 10.1. The lowest BCUT2D eigenvalue weighted by molar-refractivity contribution is -0.384. The molecule has 12 heteroatoms. The van der Waals surface area contributed by atoms with E-state index in [1.54, 1.807) is 29.7 Å². The second kappa shape index (κ2) is 10.3. The van der Waals surface area contributed by atoms with Crippen LogP contribution in [-0.2, 0) is 10.0 Å². The first kappa shape index (κ1) is 25.2. The molecule has 3 rings (SSSR count). The van der Waals surface area contributed by atoms with Crippen molar-refractivity contribution in [3.63, 3.8) is 0 Å². The van der Waals surface area contributed by atoms with Crippen LogP contribution in [0.15, 0.2) is 41.3 Å². The van der Waals surface area contributed by atoms with Gasteiger partial charge < -0.3 is 19.6 Å². The number of hydrogen-bond acceptors (Lipinski definition) is 8. The highest BCUT2D eigenvalue weighted by molar-refractivity contribution is 7.89. The SMILES string of the molecule is CCN(CC)S(=O)(=O)c1ccc(N2CCN(C(=O)c3ccc(OC)cc3O)CC2)c([N+](=O)[O-])c1. The molecule has 2 aromatic rings. The van der Waals surface area contributed by atoms with Crippen molar-refractivity contribution in [1.29, 1.82) is 0 Å². The smallest absolute Gasteiger partial charge is 0.293 e. The van der Waals surface area contributed by atoms with Crippen LogP contribution >= 0.6 is 0 Å². The maximum Gasteiger partial charge on any atom is 0.293 e. The Kier molecular flexibility index (Phi) is 7.62. The van der Waals surface area contributed by atoms with E-state index in [1.165, 1.54) is 35.7 Å². The van der Waals surface area contributed by atoms with Crippen molar-refractivity contribution in [2.45, 2.75) is 18.7 Å². The maximum atomic E-state index is 12.8. The first-order chi connectivity index (χ1) is 16.1. The summed E-state index contributed by atoms with van der Waals surface area (Å²) in [6.45, 7) is 5.11. The standard InChI is InChI=1S/C22H28N4O7S/c1-4-25(5-2)34(31,32)17-7-9-19(20(15-17)26(29)30)23-10-12-24(13-11-23)22(28)18-8-6-16(33-3)14-21(18)27/h6-9,14-15,27H,4-5,10-13H2,1-3H3. The van der Waals surface area contributed by atoms with E-state index in [9.17, 15) is 28.4 Å². The molecule has 1 amide bonds. The molecule has 1 saturated heterocycles. The lowest BCUT2D eigenvalue weighted by Crippen LogP contribution is -2.49. The summed E-state index contributed by atoms with van der Waals surface area (Å²) in [6, 6.07) is 8.35. The molecule has 11 nitrogen and oxygen atoms in total. The third kappa shape index (κ3) is 4.92. The molecule has 1 aliphatic rings. The number of rotatable bonds is 8. The molecule has 0 aliphatic carbocycles. The van der Waals surface area contributed by atoms with E-state index < -0.39 is 14.9 Å². The molecule has 184 valence electrons. The number of aromatic hydroxyl groups is 1. The Hall–Kier alpha value is -3.38. The van der Waals surface area contributed by atoms with Crippen LogP contribution in [0.5, 0.6) is 11.5 Å². The van der Waals surface area contributed by atoms with E-state index in [1.807, 2.05) is 0 Å². The minimum atomic E-state index is -3.84. The average molecular weight is 493 g/mol. The molecule has 0 aromatic heterocycles. The van der Waals surface area contributed by atoms with Gasteiger partial charge in [0, 0.05) is 51.4 Å². The number of methoxy groups -OCH3 is 1. The fourth-order valence-electron chi connectivity index (χ4n) is 3.93. The van der Waals surface area contributed by atoms with Gasteiger partial charge in [-0.1, -0.05) is 13.8 Å². The van der Waals surface area contributed by atoms with Crippen molar-refractivity contribution < 1.29 is 28.0 Å². The van der Waals surface area contributed by atoms with Crippen LogP contribution in [0.25, 0.3) is 0 Å². The number of nitro groups is 1. The van der Waals surface area contributed by atoms with E-state index >= 15 is 0 Å². The topological polar surface area (TPSA) is 134 Å². The number of anilines is 1. The largest absolute Gasteiger partial charge is 0.507 e. The molecule has 34 heavy (non-hydrogen) atoms. The number of nitrogens with zero attached hydrogens (tertiary/aromatic N) is 4. The van der Waals surface area contributed by atoms with Gasteiger partial charge in [-0.25, -0.2) is 8.42 Å². The highest BCUT2D eigenvalue weighted by Crippen LogP contribution is 2.33. The molecule has 1 fully saturated rings. The van der Waals surface area contributed by atoms with Gasteiger partial charge in [0.15, 0.2) is 0 Å². The van der Waals surface area contributed by atoms with E-state index in [0.717, 1.165) is 6.07 Å². The minimum absolute atomic E-state index is 0.129. The van der Waals surface area contributed by atoms with Crippen LogP contribution in [0, 0.1) is 10.1 Å². The number of carbonyl (C=O) groups excluding carboxylic acids is 1. The van der Waals surface area contributed by atoms with E-state index in [4.69, 9.17) is 4.74 Å². The summed E-state index contributed by atoms with van der Waals surface area (Å²) < 4.78 is 31.9. The second-order valence-electron chi connectivity index (χ2n) is 7.66. The number of carbonyl (C=O) groups is 1. The Morgan fingerprint density at radius 2 is 1.76 bits per heavy atom. The normalized spacial score (nSPS) is 14.4. The Morgan fingerprint density at radius 3 is 2.29 bits per heavy atom. The quantitative estimate of drug-likeness (QED) is 0.438. The van der Waals surface area contributed by atoms with Crippen molar-refractivity contribution in [2.24, 2.45) is 0 Å². The summed E-state index contributed by atoms with van der Waals surface area (Å²) in [6.07, 6.45) is 0. The number of phenols is 1. The van der Waals surface area contributed by atoms with Crippen molar-refractivity contribution in [3.8, 4) is 11.5 Å². The summed E-state index contributed by atoms with van der Waals surface area (Å²) in [7, 11) is -2.38. The van der Waals surface area contributed by atoms with Gasteiger partial charge in [0.25, 0.3) is 11.6 Å². The van der Waals surface area contributed by atoms with E-state index in [-0.39, 0.29) is 54.0 Å². The summed E-state index contributed by atoms with van der Waals surface area (Å²) in [5, 5.41) is 21.9. The number of ether oxygens (including phenoxy) is 1. The number of hydrogen-bond donors (Lipinski definition) is 1. The first-order valence-corrected chi connectivity index (χ1v) is 12.3. The minimum Gasteiger partial charge on any atom is -0.507 e. The molecular formula is C22H28N4O7S. The molecule has 1 N–H and O–H groups in total. The van der Waals surface area contributed by atoms with Gasteiger partial charge in [-0.05, 0) is 24.3 Å². The number of sulfonamides is 1. The van der Waals surface area contributed by atoms with Gasteiger partial charge in [0.05, 0.1) is 22.5 Å². The van der Waals surface area contributed by atoms with Gasteiger partial charge in [-0.15, -0.1) is 0 Å². The van der Waals surface area contributed by atoms with Crippen LogP contribution in [0.1, 0.15) is 24.2 Å². The van der Waals surface area contributed by atoms with Gasteiger partial charge in [0.2, 0.25) is 10.0 Å². The van der Waals surface area contributed by atoms with Crippen LogP contribution in [0.4, 0.5) is 11.4 Å². The fraction of sp³-hybridized carbons (Fsp3) is 0.409. The van der Waals surface area contributed by atoms with Gasteiger partial charge in [0.1, 0.15) is 17.2 Å². The van der Waals surface area contributed by atoms with Gasteiger partial charge in [-0.2, -0.15) is 4.31 Å². The van der Waals surface area contributed by atoms with Crippen molar-refractivity contribution in [2.75, 3.05) is 51.3 Å². The number of nitro benzene ring substituents is 1. The highest BCUT2D eigenvalue weighted by Gasteiger charge is 2.30. The molecule has 1 heterocycles. The third-order valence-corrected chi connectivity index (χ3v) is 7.88. The molecular weight excluding hydrogens is 464 g/mol. The zero-order valence-electron chi connectivity index (χ0n) is 19.3. The van der Waals surface area contributed by atoms with E-state index in [2.05, 4.69) is 0 Å². The number of amides is 1. The highest BCUT2D eigenvalue weighted by atomic mass is 32.2. The van der Waals surface area contributed by atoms with Crippen LogP contribution in [0.3, 0.4) is 0 Å². The Bertz CT molecular complexity index is 1170. The van der Waals surface area contributed by atoms with Crippen LogP contribution in [0.2, 0.25) is 0 Å². The molecule has 0 atom stereocenters. The monoisotopic (exact) mass is 492 g/mol. The third-order valence-electron chi connectivity index (χ3n) is 5.83. The molecule has 0 bridgehead atoms. The van der Waals surface area contributed by atoms with Crippen molar-refractivity contribution in [1.82, 2.24) is 9.21 Å². The lowest BCUT2D eigenvalue weighted by Gasteiger charge is -2.36. The Morgan fingerprint density at radius 1 is 1.12 bits per heavy atom. The molecule has 1 aliphatic heterocycles. The summed E-state index contributed by atoms with van der Waals surface area (Å²) in [4.78, 5) is 27.2. The number of phenolic OH excluding ortho intramolecular Hbond substituents is 1. The first-order valence-electron chi connectivity index (χ1n) is 10.8. The predicted molar refractivity (Wildman–Crippen MR) is 126 cm³/mol. The van der Waals surface area contributed by atoms with Crippen molar-refractivity contribution >= 4 is 27.3 Å². The van der Waals surface area contributed by atoms with Crippen LogP contribution in [-0.4, -0.2) is 79.9 Å². The molecule has 0 radical (unpaired) electrons. The Balaban J connectivity index is 1.79. The molecule has 2 aromatic carbocycles. The summed E-state index contributed by atoms with van der Waals surface area (Å²) >= 11 is 0. The van der Waals surface area contributed by atoms with Crippen LogP contribution < -0.4 is 9.64 Å². The Labute approximate surface area is 198 Å². The fourth-order valence-corrected chi connectivity index (χ4v) is 5.41. The maximum absolute atomic E-state index is 12.8. The molecule has 0 spiro atoms. The van der Waals surface area contributed by atoms with Gasteiger partial charge in [-0.3, -0.25) is 14.9 Å². The average Bonchev–Trinajstić information content (AvgIpc) is 2.83. The second-order valence-corrected chi connectivity index (χ2v) is 9.60. The summed E-state index contributed by atoms with van der Waals surface area (Å²) in [5.41, 5.74) is 0.134. The molecule has 0 unspecified atom stereocenters. The van der Waals surface area contributed by atoms with Gasteiger partial charge >= 0.3 is 0 Å². The zero-order chi connectivity index (χ0) is 25.0.